The molecule has 0 bridgehead atoms. The van der Waals surface area contributed by atoms with Crippen molar-refractivity contribution in [3.05, 3.63) is 0 Å². The van der Waals surface area contributed by atoms with Gasteiger partial charge in [-0.05, 0) is 45.7 Å². The first-order chi connectivity index (χ1) is 6.24. The van der Waals surface area contributed by atoms with E-state index in [1.807, 2.05) is 0 Å². The van der Waals surface area contributed by atoms with Crippen LogP contribution in [0.15, 0.2) is 0 Å². The zero-order valence-corrected chi connectivity index (χ0v) is 9.34. The average molecular weight is 184 g/mol. The molecular weight excluding hydrogens is 160 g/mol. The van der Waals surface area contributed by atoms with Crippen molar-refractivity contribution in [2.24, 2.45) is 5.92 Å². The Hall–Kier alpha value is -0.0800. The predicted molar refractivity (Wildman–Crippen MR) is 58.0 cm³/mol. The van der Waals surface area contributed by atoms with Crippen LogP contribution in [-0.4, -0.2) is 37.6 Å². The van der Waals surface area contributed by atoms with Crippen molar-refractivity contribution in [2.45, 2.75) is 39.2 Å². The molecule has 1 atom stereocenters. The molecule has 1 aliphatic carbocycles. The summed E-state index contributed by atoms with van der Waals surface area (Å²) in [4.78, 5) is 2.49. The maximum absolute atomic E-state index is 3.47. The van der Waals surface area contributed by atoms with Crippen LogP contribution in [0.3, 0.4) is 0 Å². The molecule has 78 valence electrons. The molecule has 1 rings (SSSR count). The van der Waals surface area contributed by atoms with Crippen molar-refractivity contribution >= 4 is 0 Å². The molecule has 1 aliphatic rings. The van der Waals surface area contributed by atoms with Crippen LogP contribution in [0.5, 0.6) is 0 Å². The first-order valence-electron chi connectivity index (χ1n) is 5.65. The van der Waals surface area contributed by atoms with Crippen LogP contribution in [-0.2, 0) is 0 Å². The second-order valence-corrected chi connectivity index (χ2v) is 4.44. The fraction of sp³-hybridized carbons (Fsp3) is 1.00. The molecule has 1 unspecified atom stereocenters. The van der Waals surface area contributed by atoms with E-state index < -0.39 is 0 Å². The number of hydrogen-bond acceptors (Lipinski definition) is 2. The molecule has 1 saturated carbocycles. The molecule has 0 spiro atoms. The molecule has 0 aromatic heterocycles. The van der Waals surface area contributed by atoms with Gasteiger partial charge in [-0.2, -0.15) is 0 Å². The third kappa shape index (κ3) is 4.63. The molecule has 1 N–H and O–H groups in total. The van der Waals surface area contributed by atoms with Crippen molar-refractivity contribution in [1.29, 1.82) is 0 Å². The Morgan fingerprint density at radius 3 is 2.69 bits per heavy atom. The van der Waals surface area contributed by atoms with E-state index in [1.165, 1.54) is 25.8 Å². The second-order valence-electron chi connectivity index (χ2n) is 4.44. The summed E-state index contributed by atoms with van der Waals surface area (Å²) in [7, 11) is 2.25. The Labute approximate surface area is 82.7 Å². The van der Waals surface area contributed by atoms with Crippen molar-refractivity contribution in [2.75, 3.05) is 26.7 Å². The van der Waals surface area contributed by atoms with Gasteiger partial charge in [-0.15, -0.1) is 0 Å². The Bertz CT molecular complexity index is 132. The minimum atomic E-state index is 0.687. The number of nitrogens with one attached hydrogen (secondary N) is 1. The van der Waals surface area contributed by atoms with Crippen LogP contribution in [0.25, 0.3) is 0 Å². The van der Waals surface area contributed by atoms with Gasteiger partial charge in [0.1, 0.15) is 0 Å². The zero-order valence-electron chi connectivity index (χ0n) is 9.34. The molecule has 0 saturated heterocycles. The lowest BCUT2D eigenvalue weighted by Crippen LogP contribution is -2.39. The smallest absolute Gasteiger partial charge is 0.0189 e. The molecular formula is C11H24N2. The predicted octanol–water partition coefficient (Wildman–Crippen LogP) is 1.72. The number of rotatable bonds is 7. The van der Waals surface area contributed by atoms with Gasteiger partial charge in [-0.3, -0.25) is 0 Å². The number of nitrogens with zero attached hydrogens (tertiary/aromatic N) is 1. The SMILES string of the molecule is CCCNCC(C)N(C)CC1CC1. The van der Waals surface area contributed by atoms with E-state index in [-0.39, 0.29) is 0 Å². The van der Waals surface area contributed by atoms with Crippen molar-refractivity contribution in [3.8, 4) is 0 Å². The van der Waals surface area contributed by atoms with Crippen molar-refractivity contribution in [3.63, 3.8) is 0 Å². The lowest BCUT2D eigenvalue weighted by molar-refractivity contribution is 0.242. The summed E-state index contributed by atoms with van der Waals surface area (Å²) in [6.45, 7) is 8.12. The highest BCUT2D eigenvalue weighted by Crippen LogP contribution is 2.29. The summed E-state index contributed by atoms with van der Waals surface area (Å²) in [5.41, 5.74) is 0. The third-order valence-electron chi connectivity index (χ3n) is 2.86. The van der Waals surface area contributed by atoms with E-state index >= 15 is 0 Å². The molecule has 0 aromatic carbocycles. The third-order valence-corrected chi connectivity index (χ3v) is 2.86. The fourth-order valence-corrected chi connectivity index (χ4v) is 1.53. The first kappa shape index (κ1) is 11.0. The molecule has 13 heavy (non-hydrogen) atoms. The van der Waals surface area contributed by atoms with E-state index in [4.69, 9.17) is 0 Å². The van der Waals surface area contributed by atoms with E-state index in [0.717, 1.165) is 19.0 Å². The van der Waals surface area contributed by atoms with Crippen molar-refractivity contribution < 1.29 is 0 Å². The lowest BCUT2D eigenvalue weighted by atomic mass is 10.2. The molecule has 2 nitrogen and oxygen atoms in total. The van der Waals surface area contributed by atoms with Crippen LogP contribution in [0.2, 0.25) is 0 Å². The average Bonchev–Trinajstić information content (AvgIpc) is 2.88. The highest BCUT2D eigenvalue weighted by atomic mass is 15.1. The van der Waals surface area contributed by atoms with Gasteiger partial charge in [-0.25, -0.2) is 0 Å². The fourth-order valence-electron chi connectivity index (χ4n) is 1.53. The largest absolute Gasteiger partial charge is 0.315 e. The van der Waals surface area contributed by atoms with Crippen LogP contribution in [0.1, 0.15) is 33.1 Å². The highest BCUT2D eigenvalue weighted by molar-refractivity contribution is 4.78. The van der Waals surface area contributed by atoms with E-state index in [2.05, 4.69) is 31.1 Å². The quantitative estimate of drug-likeness (QED) is 0.606. The van der Waals surface area contributed by atoms with Crippen LogP contribution in [0.4, 0.5) is 0 Å². The van der Waals surface area contributed by atoms with Gasteiger partial charge in [-0.1, -0.05) is 6.92 Å². The Morgan fingerprint density at radius 2 is 2.15 bits per heavy atom. The molecule has 0 amide bonds. The van der Waals surface area contributed by atoms with Crippen LogP contribution >= 0.6 is 0 Å². The standard InChI is InChI=1S/C11H24N2/c1-4-7-12-8-10(2)13(3)9-11-5-6-11/h10-12H,4-9H2,1-3H3. The summed E-state index contributed by atoms with van der Waals surface area (Å²) in [5.74, 6) is 1.01. The summed E-state index contributed by atoms with van der Waals surface area (Å²) < 4.78 is 0. The molecule has 0 aromatic rings. The minimum absolute atomic E-state index is 0.687. The Balaban J connectivity index is 2.02. The minimum Gasteiger partial charge on any atom is -0.315 e. The summed E-state index contributed by atoms with van der Waals surface area (Å²) in [6, 6.07) is 0.687. The summed E-state index contributed by atoms with van der Waals surface area (Å²) in [5, 5.41) is 3.47. The molecule has 1 fully saturated rings. The second kappa shape index (κ2) is 5.61. The van der Waals surface area contributed by atoms with Crippen LogP contribution < -0.4 is 5.32 Å². The monoisotopic (exact) mass is 184 g/mol. The topological polar surface area (TPSA) is 15.3 Å². The zero-order chi connectivity index (χ0) is 9.68. The van der Waals surface area contributed by atoms with Gasteiger partial charge in [0.15, 0.2) is 0 Å². The summed E-state index contributed by atoms with van der Waals surface area (Å²) in [6.07, 6.45) is 4.15. The van der Waals surface area contributed by atoms with Gasteiger partial charge in [0, 0.05) is 19.1 Å². The van der Waals surface area contributed by atoms with Gasteiger partial charge in [0.25, 0.3) is 0 Å². The van der Waals surface area contributed by atoms with E-state index in [9.17, 15) is 0 Å². The maximum atomic E-state index is 3.47. The lowest BCUT2D eigenvalue weighted by Gasteiger charge is -2.24. The van der Waals surface area contributed by atoms with Crippen LogP contribution in [0, 0.1) is 5.92 Å². The first-order valence-corrected chi connectivity index (χ1v) is 5.65. The van der Waals surface area contributed by atoms with E-state index in [0.29, 0.717) is 6.04 Å². The number of hydrogen-bond donors (Lipinski definition) is 1. The molecule has 0 aliphatic heterocycles. The summed E-state index contributed by atoms with van der Waals surface area (Å²) >= 11 is 0. The Kier molecular flexibility index (Phi) is 4.74. The molecule has 0 radical (unpaired) electrons. The van der Waals surface area contributed by atoms with Crippen molar-refractivity contribution in [1.82, 2.24) is 10.2 Å². The van der Waals surface area contributed by atoms with E-state index in [1.54, 1.807) is 0 Å². The maximum Gasteiger partial charge on any atom is 0.0189 e. The van der Waals surface area contributed by atoms with Gasteiger partial charge < -0.3 is 10.2 Å². The molecule has 2 heteroatoms. The molecule has 0 heterocycles. The normalized spacial score (nSPS) is 19.4. The van der Waals surface area contributed by atoms with Gasteiger partial charge >= 0.3 is 0 Å². The Morgan fingerprint density at radius 1 is 1.46 bits per heavy atom. The number of likely N-dealkylation sites (N-methyl/N-ethyl adjacent to an activating group) is 1. The van der Waals surface area contributed by atoms with Gasteiger partial charge in [0.05, 0.1) is 0 Å². The highest BCUT2D eigenvalue weighted by Gasteiger charge is 2.24. The van der Waals surface area contributed by atoms with Gasteiger partial charge in [0.2, 0.25) is 0 Å².